The minimum Gasteiger partial charge on any atom is -0.271 e. The van der Waals surface area contributed by atoms with Gasteiger partial charge >= 0.3 is 0 Å². The van der Waals surface area contributed by atoms with Crippen LogP contribution >= 0.6 is 22.6 Å². The van der Waals surface area contributed by atoms with Crippen LogP contribution in [0.5, 0.6) is 0 Å². The van der Waals surface area contributed by atoms with Crippen LogP contribution in [0.1, 0.15) is 17.0 Å². The van der Waals surface area contributed by atoms with Crippen molar-refractivity contribution in [3.05, 3.63) is 50.9 Å². The van der Waals surface area contributed by atoms with E-state index in [1.165, 1.54) is 0 Å². The molecule has 2 aromatic rings. The summed E-state index contributed by atoms with van der Waals surface area (Å²) >= 11 is 2.23. The van der Waals surface area contributed by atoms with Gasteiger partial charge in [-0.2, -0.15) is 10.2 Å². The molecule has 0 aliphatic heterocycles. The summed E-state index contributed by atoms with van der Waals surface area (Å²) in [6.45, 7) is 3.99. The Hall–Kier alpha value is -1.70. The van der Waals surface area contributed by atoms with E-state index < -0.39 is 0 Å². The standard InChI is InChI=1S/C14H15IN4O/c1-10-7-11(2)19(18-10)9-14(20)17-16-8-12-5-3-4-6-13(12)15/h3-8H,9H2,1-2H3,(H,17,20)/b16-8+. The summed E-state index contributed by atoms with van der Waals surface area (Å²) in [5, 5.41) is 8.20. The predicted octanol–water partition coefficient (Wildman–Crippen LogP) is 2.25. The van der Waals surface area contributed by atoms with Crippen LogP contribution in [-0.2, 0) is 11.3 Å². The molecule has 0 spiro atoms. The molecule has 1 amide bonds. The molecule has 20 heavy (non-hydrogen) atoms. The fourth-order valence-electron chi connectivity index (χ4n) is 1.76. The van der Waals surface area contributed by atoms with Crippen LogP contribution in [-0.4, -0.2) is 21.9 Å². The number of hydrazone groups is 1. The maximum atomic E-state index is 11.8. The van der Waals surface area contributed by atoms with Gasteiger partial charge in [0.1, 0.15) is 6.54 Å². The lowest BCUT2D eigenvalue weighted by atomic mass is 10.2. The van der Waals surface area contributed by atoms with E-state index in [-0.39, 0.29) is 12.5 Å². The lowest BCUT2D eigenvalue weighted by Crippen LogP contribution is -2.24. The smallest absolute Gasteiger partial charge is 0.261 e. The molecule has 0 atom stereocenters. The first kappa shape index (κ1) is 14.7. The van der Waals surface area contributed by atoms with Gasteiger partial charge < -0.3 is 0 Å². The Balaban J connectivity index is 1.93. The maximum absolute atomic E-state index is 11.8. The quantitative estimate of drug-likeness (QED) is 0.501. The Morgan fingerprint density at radius 2 is 2.20 bits per heavy atom. The number of nitrogens with one attached hydrogen (secondary N) is 1. The number of hydrogen-bond acceptors (Lipinski definition) is 3. The summed E-state index contributed by atoms with van der Waals surface area (Å²) in [5.41, 5.74) is 5.34. The zero-order valence-corrected chi connectivity index (χ0v) is 13.5. The number of carbonyl (C=O) groups excluding carboxylic acids is 1. The van der Waals surface area contributed by atoms with E-state index in [0.717, 1.165) is 20.5 Å². The van der Waals surface area contributed by atoms with Gasteiger partial charge in [0, 0.05) is 14.8 Å². The van der Waals surface area contributed by atoms with Gasteiger partial charge in [0.05, 0.1) is 11.9 Å². The van der Waals surface area contributed by atoms with Gasteiger partial charge in [-0.3, -0.25) is 9.48 Å². The molecule has 5 nitrogen and oxygen atoms in total. The number of nitrogens with zero attached hydrogens (tertiary/aromatic N) is 3. The Morgan fingerprint density at radius 3 is 2.85 bits per heavy atom. The first-order valence-electron chi connectivity index (χ1n) is 6.14. The first-order valence-corrected chi connectivity index (χ1v) is 7.21. The van der Waals surface area contributed by atoms with Crippen molar-refractivity contribution in [2.75, 3.05) is 0 Å². The summed E-state index contributed by atoms with van der Waals surface area (Å²) in [4.78, 5) is 11.8. The second-order valence-corrected chi connectivity index (χ2v) is 5.56. The predicted molar refractivity (Wildman–Crippen MR) is 86.6 cm³/mol. The average molecular weight is 382 g/mol. The zero-order valence-electron chi connectivity index (χ0n) is 11.3. The van der Waals surface area contributed by atoms with Crippen molar-refractivity contribution in [1.29, 1.82) is 0 Å². The van der Waals surface area contributed by atoms with Gasteiger partial charge in [0.15, 0.2) is 0 Å². The third-order valence-corrected chi connectivity index (χ3v) is 3.68. The molecular weight excluding hydrogens is 367 g/mol. The van der Waals surface area contributed by atoms with Crippen LogP contribution in [0, 0.1) is 17.4 Å². The molecule has 2 rings (SSSR count). The largest absolute Gasteiger partial charge is 0.271 e. The molecule has 1 N–H and O–H groups in total. The Bertz CT molecular complexity index is 648. The molecule has 1 heterocycles. The summed E-state index contributed by atoms with van der Waals surface area (Å²) in [6, 6.07) is 9.75. The minimum atomic E-state index is -0.196. The number of aryl methyl sites for hydroxylation is 2. The lowest BCUT2D eigenvalue weighted by Gasteiger charge is -2.03. The SMILES string of the molecule is Cc1cc(C)n(CC(=O)N/N=C/c2ccccc2I)n1. The van der Waals surface area contributed by atoms with Gasteiger partial charge in [-0.05, 0) is 48.6 Å². The monoisotopic (exact) mass is 382 g/mol. The molecule has 0 saturated carbocycles. The molecule has 0 aliphatic carbocycles. The summed E-state index contributed by atoms with van der Waals surface area (Å²) in [7, 11) is 0. The highest BCUT2D eigenvalue weighted by molar-refractivity contribution is 14.1. The van der Waals surface area contributed by atoms with E-state index in [9.17, 15) is 4.79 Å². The maximum Gasteiger partial charge on any atom is 0.261 e. The van der Waals surface area contributed by atoms with Crippen LogP contribution in [0.4, 0.5) is 0 Å². The van der Waals surface area contributed by atoms with E-state index in [1.54, 1.807) is 10.9 Å². The molecule has 104 valence electrons. The molecule has 0 saturated heterocycles. The molecule has 0 radical (unpaired) electrons. The van der Waals surface area contributed by atoms with E-state index in [4.69, 9.17) is 0 Å². The van der Waals surface area contributed by atoms with Gasteiger partial charge in [-0.25, -0.2) is 5.43 Å². The van der Waals surface area contributed by atoms with Gasteiger partial charge in [-0.15, -0.1) is 0 Å². The fraction of sp³-hybridized carbons (Fsp3) is 0.214. The van der Waals surface area contributed by atoms with Crippen molar-refractivity contribution in [3.63, 3.8) is 0 Å². The Kier molecular flexibility index (Phi) is 4.89. The fourth-order valence-corrected chi connectivity index (χ4v) is 2.29. The summed E-state index contributed by atoms with van der Waals surface area (Å²) in [6.07, 6.45) is 1.64. The van der Waals surface area contributed by atoms with Gasteiger partial charge in [0.25, 0.3) is 5.91 Å². The van der Waals surface area contributed by atoms with E-state index in [2.05, 4.69) is 38.2 Å². The van der Waals surface area contributed by atoms with Crippen molar-refractivity contribution in [1.82, 2.24) is 15.2 Å². The molecule has 0 fully saturated rings. The van der Waals surface area contributed by atoms with Crippen LogP contribution in [0.15, 0.2) is 35.4 Å². The van der Waals surface area contributed by atoms with Crippen LogP contribution in [0.2, 0.25) is 0 Å². The lowest BCUT2D eigenvalue weighted by molar-refractivity contribution is -0.121. The molecule has 0 bridgehead atoms. The second-order valence-electron chi connectivity index (χ2n) is 4.40. The number of carbonyl (C=O) groups is 1. The summed E-state index contributed by atoms with van der Waals surface area (Å²) in [5.74, 6) is -0.196. The highest BCUT2D eigenvalue weighted by atomic mass is 127. The number of aromatic nitrogens is 2. The number of halogens is 1. The van der Waals surface area contributed by atoms with Crippen molar-refractivity contribution in [2.24, 2.45) is 5.10 Å². The van der Waals surface area contributed by atoms with Gasteiger partial charge in [-0.1, -0.05) is 18.2 Å². The number of amides is 1. The third-order valence-electron chi connectivity index (χ3n) is 2.69. The van der Waals surface area contributed by atoms with E-state index in [1.807, 2.05) is 44.2 Å². The Labute approximate surface area is 131 Å². The second kappa shape index (κ2) is 6.65. The van der Waals surface area contributed by atoms with Crippen LogP contribution in [0.3, 0.4) is 0 Å². The summed E-state index contributed by atoms with van der Waals surface area (Å²) < 4.78 is 2.74. The first-order chi connectivity index (χ1) is 9.56. The number of benzene rings is 1. The zero-order chi connectivity index (χ0) is 14.5. The van der Waals surface area contributed by atoms with Crippen molar-refractivity contribution < 1.29 is 4.79 Å². The van der Waals surface area contributed by atoms with Crippen molar-refractivity contribution in [2.45, 2.75) is 20.4 Å². The average Bonchev–Trinajstić information content (AvgIpc) is 2.70. The number of rotatable bonds is 4. The van der Waals surface area contributed by atoms with E-state index in [0.29, 0.717) is 0 Å². The number of hydrogen-bond donors (Lipinski definition) is 1. The Morgan fingerprint density at radius 1 is 1.45 bits per heavy atom. The minimum absolute atomic E-state index is 0.170. The molecule has 1 aromatic heterocycles. The third kappa shape index (κ3) is 3.89. The molecule has 6 heteroatoms. The molecule has 0 unspecified atom stereocenters. The normalized spacial score (nSPS) is 10.9. The highest BCUT2D eigenvalue weighted by Crippen LogP contribution is 2.08. The topological polar surface area (TPSA) is 59.3 Å². The molecule has 1 aromatic carbocycles. The van der Waals surface area contributed by atoms with Crippen LogP contribution < -0.4 is 5.43 Å². The van der Waals surface area contributed by atoms with E-state index >= 15 is 0 Å². The molecular formula is C14H15IN4O. The van der Waals surface area contributed by atoms with Crippen molar-refractivity contribution >= 4 is 34.7 Å². The molecule has 0 aliphatic rings. The highest BCUT2D eigenvalue weighted by Gasteiger charge is 2.05. The van der Waals surface area contributed by atoms with Crippen LogP contribution in [0.25, 0.3) is 0 Å². The van der Waals surface area contributed by atoms with Gasteiger partial charge in [0.2, 0.25) is 0 Å². The van der Waals surface area contributed by atoms with Crippen molar-refractivity contribution in [3.8, 4) is 0 Å².